The van der Waals surface area contributed by atoms with E-state index in [1.807, 2.05) is 19.9 Å². The molecule has 3 rings (SSSR count). The van der Waals surface area contributed by atoms with Gasteiger partial charge in [0.2, 0.25) is 0 Å². The van der Waals surface area contributed by atoms with Crippen LogP contribution in [-0.4, -0.2) is 86.8 Å². The zero-order chi connectivity index (χ0) is 25.3. The number of rotatable bonds is 8. The van der Waals surface area contributed by atoms with Crippen molar-refractivity contribution in [3.8, 4) is 0 Å². The molecule has 34 heavy (non-hydrogen) atoms. The van der Waals surface area contributed by atoms with Crippen LogP contribution in [0.3, 0.4) is 0 Å². The Balaban J connectivity index is 1.76. The largest absolute Gasteiger partial charge is 0.394 e. The van der Waals surface area contributed by atoms with Crippen molar-refractivity contribution in [1.29, 1.82) is 0 Å². The first-order chi connectivity index (χ1) is 15.9. The van der Waals surface area contributed by atoms with Crippen LogP contribution in [0.2, 0.25) is 0 Å². The molecule has 10 atom stereocenters. The summed E-state index contributed by atoms with van der Waals surface area (Å²) >= 11 is 0. The monoisotopic (exact) mass is 486 g/mol. The van der Waals surface area contributed by atoms with Crippen molar-refractivity contribution in [3.63, 3.8) is 0 Å². The van der Waals surface area contributed by atoms with E-state index < -0.39 is 42.9 Å². The summed E-state index contributed by atoms with van der Waals surface area (Å²) in [7, 11) is 0. The lowest BCUT2D eigenvalue weighted by Crippen LogP contribution is -2.61. The van der Waals surface area contributed by atoms with E-state index in [4.69, 9.17) is 9.47 Å². The third-order valence-electron chi connectivity index (χ3n) is 9.28. The molecule has 0 aromatic heterocycles. The maximum atomic E-state index is 11.4. The Bertz CT molecular complexity index is 709. The van der Waals surface area contributed by atoms with E-state index in [-0.39, 0.29) is 23.4 Å². The zero-order valence-corrected chi connectivity index (χ0v) is 21.2. The Morgan fingerprint density at radius 3 is 2.38 bits per heavy atom. The molecule has 8 nitrogen and oxygen atoms in total. The molecule has 0 bridgehead atoms. The fourth-order valence-corrected chi connectivity index (χ4v) is 7.36. The van der Waals surface area contributed by atoms with E-state index in [0.29, 0.717) is 18.9 Å². The van der Waals surface area contributed by atoms with E-state index in [2.05, 4.69) is 13.8 Å². The lowest BCUT2D eigenvalue weighted by molar-refractivity contribution is -0.310. The molecule has 8 heteroatoms. The average Bonchev–Trinajstić information content (AvgIpc) is 2.76. The third-order valence-corrected chi connectivity index (χ3v) is 9.28. The van der Waals surface area contributed by atoms with Crippen LogP contribution in [0, 0.1) is 22.7 Å². The second-order valence-corrected chi connectivity index (χ2v) is 11.8. The third kappa shape index (κ3) is 5.39. The van der Waals surface area contributed by atoms with Crippen molar-refractivity contribution in [2.24, 2.45) is 22.7 Å². The fraction of sp³-hybridized carbons (Fsp3) is 0.923. The summed E-state index contributed by atoms with van der Waals surface area (Å²) in [4.78, 5) is 0. The highest BCUT2D eigenvalue weighted by Crippen LogP contribution is 2.63. The normalized spacial score (nSPS) is 47.9. The molecule has 1 saturated heterocycles. The SMILES string of the molecule is C/C(=C\CO)CC[C@@H]1[C@@]2(C)CCC[C@](C)(CO[C@@H]3O[C@H](CO)[C@@H](O)[C@H](O)[C@H]3O)[C@@H]2CC[C@@]1(C)O. The van der Waals surface area contributed by atoms with Crippen molar-refractivity contribution < 1.29 is 40.1 Å². The topological polar surface area (TPSA) is 140 Å². The van der Waals surface area contributed by atoms with Crippen molar-refractivity contribution in [2.75, 3.05) is 19.8 Å². The molecular formula is C26H46O8. The molecule has 3 fully saturated rings. The Labute approximate surface area is 203 Å². The molecule has 1 aliphatic heterocycles. The zero-order valence-electron chi connectivity index (χ0n) is 21.2. The van der Waals surface area contributed by atoms with Gasteiger partial charge >= 0.3 is 0 Å². The second kappa shape index (κ2) is 10.8. The molecule has 0 spiro atoms. The molecule has 0 radical (unpaired) electrons. The number of allylic oxidation sites excluding steroid dienone is 1. The molecule has 2 saturated carbocycles. The number of hydrogen-bond donors (Lipinski definition) is 6. The van der Waals surface area contributed by atoms with E-state index in [1.165, 1.54) is 0 Å². The summed E-state index contributed by atoms with van der Waals surface area (Å²) in [6.07, 6.45) is 1.69. The smallest absolute Gasteiger partial charge is 0.186 e. The predicted octanol–water partition coefficient (Wildman–Crippen LogP) is 1.50. The van der Waals surface area contributed by atoms with Crippen molar-refractivity contribution in [3.05, 3.63) is 11.6 Å². The number of hydrogen-bond acceptors (Lipinski definition) is 8. The van der Waals surface area contributed by atoms with Crippen LogP contribution in [-0.2, 0) is 9.47 Å². The second-order valence-electron chi connectivity index (χ2n) is 11.8. The molecule has 1 heterocycles. The molecule has 0 amide bonds. The summed E-state index contributed by atoms with van der Waals surface area (Å²) < 4.78 is 11.6. The van der Waals surface area contributed by atoms with Crippen LogP contribution < -0.4 is 0 Å². The molecule has 2 aliphatic carbocycles. The van der Waals surface area contributed by atoms with Gasteiger partial charge in [0.15, 0.2) is 6.29 Å². The van der Waals surface area contributed by atoms with Gasteiger partial charge in [0.25, 0.3) is 0 Å². The van der Waals surface area contributed by atoms with Gasteiger partial charge in [0.05, 0.1) is 25.4 Å². The van der Waals surface area contributed by atoms with Crippen LogP contribution in [0.4, 0.5) is 0 Å². The Hall–Kier alpha value is -0.580. The molecule has 0 aromatic rings. The van der Waals surface area contributed by atoms with Crippen molar-refractivity contribution >= 4 is 0 Å². The maximum Gasteiger partial charge on any atom is 0.186 e. The number of fused-ring (bicyclic) bond motifs is 1. The number of aliphatic hydroxyl groups is 6. The lowest BCUT2D eigenvalue weighted by Gasteiger charge is -2.62. The Morgan fingerprint density at radius 1 is 1.03 bits per heavy atom. The van der Waals surface area contributed by atoms with Gasteiger partial charge in [-0.25, -0.2) is 0 Å². The lowest BCUT2D eigenvalue weighted by atomic mass is 9.45. The van der Waals surface area contributed by atoms with Gasteiger partial charge < -0.3 is 40.1 Å². The molecule has 0 unspecified atom stereocenters. The maximum absolute atomic E-state index is 11.4. The van der Waals surface area contributed by atoms with Crippen LogP contribution in [0.1, 0.15) is 72.6 Å². The summed E-state index contributed by atoms with van der Waals surface area (Å²) in [5.41, 5.74) is 0.0681. The highest BCUT2D eigenvalue weighted by atomic mass is 16.7. The summed E-state index contributed by atoms with van der Waals surface area (Å²) in [5.74, 6) is 0.402. The first-order valence-electron chi connectivity index (χ1n) is 12.8. The standard InChI is InChI=1S/C26H46O8/c1-16(9-13-27)6-7-19-25(3)11-5-10-24(2,18(25)8-12-26(19,4)32)15-33-23-22(31)21(30)20(29)17(14-28)34-23/h9,17-23,27-32H,5-8,10-15H2,1-4H3/b16-9+/t17-,18+,19-,20-,21+,22-,23-,24-,25+,26-/m1/s1. The quantitative estimate of drug-likeness (QED) is 0.284. The highest BCUT2D eigenvalue weighted by Gasteiger charge is 2.59. The summed E-state index contributed by atoms with van der Waals surface area (Å²) in [6, 6.07) is 0. The minimum absolute atomic E-state index is 0.0279. The molecular weight excluding hydrogens is 440 g/mol. The minimum Gasteiger partial charge on any atom is -0.394 e. The van der Waals surface area contributed by atoms with Crippen LogP contribution in [0.25, 0.3) is 0 Å². The van der Waals surface area contributed by atoms with Crippen molar-refractivity contribution in [2.45, 2.75) is 109 Å². The van der Waals surface area contributed by atoms with Gasteiger partial charge in [-0.05, 0) is 75.0 Å². The van der Waals surface area contributed by atoms with Crippen LogP contribution in [0.5, 0.6) is 0 Å². The molecule has 0 aromatic carbocycles. The molecule has 3 aliphatic rings. The van der Waals surface area contributed by atoms with E-state index in [9.17, 15) is 30.6 Å². The van der Waals surface area contributed by atoms with Gasteiger partial charge in [-0.1, -0.05) is 31.9 Å². The Kier molecular flexibility index (Phi) is 8.90. The van der Waals surface area contributed by atoms with Crippen LogP contribution in [0.15, 0.2) is 11.6 Å². The van der Waals surface area contributed by atoms with Gasteiger partial charge in [-0.2, -0.15) is 0 Å². The minimum atomic E-state index is -1.45. The first-order valence-corrected chi connectivity index (χ1v) is 12.8. The number of ether oxygens (including phenoxy) is 2. The van der Waals surface area contributed by atoms with Gasteiger partial charge in [-0.15, -0.1) is 0 Å². The Morgan fingerprint density at radius 2 is 1.74 bits per heavy atom. The van der Waals surface area contributed by atoms with E-state index in [1.54, 1.807) is 0 Å². The molecule has 198 valence electrons. The van der Waals surface area contributed by atoms with Gasteiger partial charge in [-0.3, -0.25) is 0 Å². The van der Waals surface area contributed by atoms with Crippen molar-refractivity contribution in [1.82, 2.24) is 0 Å². The van der Waals surface area contributed by atoms with Gasteiger partial charge in [0, 0.05) is 0 Å². The summed E-state index contributed by atoms with van der Waals surface area (Å²) in [5, 5.41) is 60.6. The van der Waals surface area contributed by atoms with Crippen LogP contribution >= 0.6 is 0 Å². The predicted molar refractivity (Wildman–Crippen MR) is 127 cm³/mol. The van der Waals surface area contributed by atoms with Gasteiger partial charge in [0.1, 0.15) is 24.4 Å². The fourth-order valence-electron chi connectivity index (χ4n) is 7.36. The first kappa shape index (κ1) is 28.0. The summed E-state index contributed by atoms with van der Waals surface area (Å²) in [6.45, 7) is 8.34. The van der Waals surface area contributed by atoms with E-state index >= 15 is 0 Å². The van der Waals surface area contributed by atoms with E-state index in [0.717, 1.165) is 44.1 Å². The highest BCUT2D eigenvalue weighted by molar-refractivity contribution is 5.10. The molecule has 6 N–H and O–H groups in total. The average molecular weight is 487 g/mol. The number of aliphatic hydroxyl groups excluding tert-OH is 5.